The summed E-state index contributed by atoms with van der Waals surface area (Å²) >= 11 is 0. The van der Waals surface area contributed by atoms with Gasteiger partial charge >= 0.3 is 11.9 Å². The quantitative estimate of drug-likeness (QED) is 0.351. The number of benzene rings is 2. The third-order valence-electron chi connectivity index (χ3n) is 4.06. The van der Waals surface area contributed by atoms with Crippen molar-refractivity contribution in [1.29, 1.82) is 0 Å². The number of nitrogens with one attached hydrogen (secondary N) is 1. The van der Waals surface area contributed by atoms with Gasteiger partial charge in [0.2, 0.25) is 0 Å². The largest absolute Gasteiger partial charge is 0.480 e. The summed E-state index contributed by atoms with van der Waals surface area (Å²) in [6.45, 7) is -0.626. The number of aliphatic hydroxyl groups excluding tert-OH is 2. The first-order valence-electron chi connectivity index (χ1n) is 8.98. The Bertz CT molecular complexity index is 828. The van der Waals surface area contributed by atoms with E-state index >= 15 is 0 Å². The van der Waals surface area contributed by atoms with Crippen LogP contribution in [0.15, 0.2) is 48.5 Å². The summed E-state index contributed by atoms with van der Waals surface area (Å²) in [6, 6.07) is 12.2. The van der Waals surface area contributed by atoms with Crippen molar-refractivity contribution in [3.8, 4) is 11.5 Å². The van der Waals surface area contributed by atoms with Crippen molar-refractivity contribution in [2.75, 3.05) is 37.7 Å². The van der Waals surface area contributed by atoms with Gasteiger partial charge in [0.25, 0.3) is 0 Å². The molecule has 5 N–H and O–H groups in total. The van der Waals surface area contributed by atoms with Gasteiger partial charge < -0.3 is 30.1 Å². The van der Waals surface area contributed by atoms with Gasteiger partial charge in [-0.2, -0.15) is 0 Å². The number of aliphatic hydroxyl groups is 2. The van der Waals surface area contributed by atoms with E-state index in [2.05, 4.69) is 5.32 Å². The molecule has 0 fully saturated rings. The number of carboxylic acid groups (broad SMARTS) is 2. The molecule has 2 aromatic carbocycles. The second kappa shape index (κ2) is 11.0. The standard InChI is InChI=1S/C20H24N2O7/c23-11-9-21-19(20(27)28)14-5-1-3-7-16(14)29-17-8-4-2-6-15(17)22(10-12-24)13-18(25)26/h1-8,19,21,23-24H,9-13H2,(H,25,26)(H,27,28). The number of rotatable bonds is 12. The first-order chi connectivity index (χ1) is 14.0. The molecule has 29 heavy (non-hydrogen) atoms. The zero-order valence-corrected chi connectivity index (χ0v) is 15.7. The average molecular weight is 404 g/mol. The molecule has 0 amide bonds. The highest BCUT2D eigenvalue weighted by Gasteiger charge is 2.24. The minimum Gasteiger partial charge on any atom is -0.480 e. The van der Waals surface area contributed by atoms with Gasteiger partial charge in [0.1, 0.15) is 18.3 Å². The molecule has 0 heterocycles. The molecule has 0 saturated carbocycles. The minimum atomic E-state index is -1.13. The highest BCUT2D eigenvalue weighted by Crippen LogP contribution is 2.35. The molecule has 0 spiro atoms. The minimum absolute atomic E-state index is 0.0874. The number of carbonyl (C=O) groups is 2. The molecule has 156 valence electrons. The molecule has 0 saturated heterocycles. The van der Waals surface area contributed by atoms with E-state index in [1.807, 2.05) is 0 Å². The Hall–Kier alpha value is -3.14. The van der Waals surface area contributed by atoms with Crippen LogP contribution in [0.5, 0.6) is 11.5 Å². The summed E-state index contributed by atoms with van der Waals surface area (Å²) in [7, 11) is 0. The monoisotopic (exact) mass is 404 g/mol. The molecule has 1 atom stereocenters. The fraction of sp³-hybridized carbons (Fsp3) is 0.300. The van der Waals surface area contributed by atoms with Crippen molar-refractivity contribution in [1.82, 2.24) is 5.32 Å². The first-order valence-corrected chi connectivity index (χ1v) is 8.98. The maximum atomic E-state index is 11.7. The highest BCUT2D eigenvalue weighted by atomic mass is 16.5. The van der Waals surface area contributed by atoms with Crippen molar-refractivity contribution in [3.05, 3.63) is 54.1 Å². The van der Waals surface area contributed by atoms with E-state index in [1.165, 1.54) is 4.90 Å². The van der Waals surface area contributed by atoms with Gasteiger partial charge in [0.15, 0.2) is 5.75 Å². The number of ether oxygens (including phenoxy) is 1. The smallest absolute Gasteiger partial charge is 0.325 e. The molecule has 0 aliphatic carbocycles. The van der Waals surface area contributed by atoms with Crippen LogP contribution in [-0.4, -0.2) is 65.2 Å². The van der Waals surface area contributed by atoms with Gasteiger partial charge in [-0.3, -0.25) is 14.9 Å². The number of para-hydroxylation sites is 3. The van der Waals surface area contributed by atoms with E-state index in [-0.39, 0.29) is 38.6 Å². The van der Waals surface area contributed by atoms with Crippen LogP contribution >= 0.6 is 0 Å². The summed E-state index contributed by atoms with van der Waals surface area (Å²) in [5, 5.41) is 39.7. The number of hydrogen-bond acceptors (Lipinski definition) is 7. The summed E-state index contributed by atoms with van der Waals surface area (Å²) in [5.41, 5.74) is 0.809. The second-order valence-corrected chi connectivity index (χ2v) is 6.10. The lowest BCUT2D eigenvalue weighted by Crippen LogP contribution is -2.32. The third-order valence-corrected chi connectivity index (χ3v) is 4.06. The normalized spacial score (nSPS) is 11.7. The first kappa shape index (κ1) is 22.2. The molecule has 2 rings (SSSR count). The maximum Gasteiger partial charge on any atom is 0.325 e. The molecular weight excluding hydrogens is 380 g/mol. The van der Waals surface area contributed by atoms with Crippen molar-refractivity contribution in [3.63, 3.8) is 0 Å². The summed E-state index contributed by atoms with van der Waals surface area (Å²) in [4.78, 5) is 24.3. The predicted octanol–water partition coefficient (Wildman–Crippen LogP) is 1.07. The van der Waals surface area contributed by atoms with Crippen LogP contribution in [-0.2, 0) is 9.59 Å². The van der Waals surface area contributed by atoms with Crippen molar-refractivity contribution >= 4 is 17.6 Å². The Labute approximate surface area is 167 Å². The number of carboxylic acids is 2. The van der Waals surface area contributed by atoms with E-state index in [0.29, 0.717) is 17.0 Å². The zero-order valence-electron chi connectivity index (χ0n) is 15.7. The van der Waals surface area contributed by atoms with Gasteiger partial charge in [-0.1, -0.05) is 30.3 Å². The predicted molar refractivity (Wildman–Crippen MR) is 105 cm³/mol. The highest BCUT2D eigenvalue weighted by molar-refractivity contribution is 5.77. The van der Waals surface area contributed by atoms with Crippen molar-refractivity contribution in [2.24, 2.45) is 0 Å². The van der Waals surface area contributed by atoms with Crippen LogP contribution in [0.2, 0.25) is 0 Å². The Kier molecular flexibility index (Phi) is 8.41. The fourth-order valence-corrected chi connectivity index (χ4v) is 2.84. The molecule has 0 aliphatic rings. The molecule has 1 unspecified atom stereocenters. The topological polar surface area (TPSA) is 140 Å². The van der Waals surface area contributed by atoms with Crippen LogP contribution in [0.3, 0.4) is 0 Å². The molecule has 9 nitrogen and oxygen atoms in total. The van der Waals surface area contributed by atoms with Crippen LogP contribution in [0, 0.1) is 0 Å². The lowest BCUT2D eigenvalue weighted by Gasteiger charge is -2.25. The van der Waals surface area contributed by atoms with Gasteiger partial charge in [-0.25, -0.2) is 0 Å². The Balaban J connectivity index is 2.40. The van der Waals surface area contributed by atoms with E-state index in [9.17, 15) is 19.8 Å². The molecule has 0 radical (unpaired) electrons. The number of nitrogens with zero attached hydrogens (tertiary/aromatic N) is 1. The summed E-state index contributed by atoms with van der Waals surface area (Å²) in [5.74, 6) is -1.60. The molecule has 0 aromatic heterocycles. The van der Waals surface area contributed by atoms with Crippen molar-refractivity contribution < 1.29 is 34.8 Å². The Morgan fingerprint density at radius 1 is 0.966 bits per heavy atom. The summed E-state index contributed by atoms with van der Waals surface area (Å²) < 4.78 is 5.98. The fourth-order valence-electron chi connectivity index (χ4n) is 2.84. The lowest BCUT2D eigenvalue weighted by molar-refractivity contribution is -0.140. The molecule has 2 aromatic rings. The number of aliphatic carboxylic acids is 2. The van der Waals surface area contributed by atoms with Gasteiger partial charge in [0, 0.05) is 18.7 Å². The lowest BCUT2D eigenvalue weighted by atomic mass is 10.1. The Morgan fingerprint density at radius 2 is 1.62 bits per heavy atom. The summed E-state index contributed by atoms with van der Waals surface area (Å²) in [6.07, 6.45) is 0. The average Bonchev–Trinajstić information content (AvgIpc) is 2.69. The molecule has 9 heteroatoms. The number of hydrogen-bond donors (Lipinski definition) is 5. The number of anilines is 1. The van der Waals surface area contributed by atoms with E-state index < -0.39 is 18.0 Å². The van der Waals surface area contributed by atoms with Crippen LogP contribution in [0.25, 0.3) is 0 Å². The molecule has 0 aliphatic heterocycles. The van der Waals surface area contributed by atoms with E-state index in [0.717, 1.165) is 0 Å². The third kappa shape index (κ3) is 6.18. The van der Waals surface area contributed by atoms with Gasteiger partial charge in [0.05, 0.1) is 18.9 Å². The van der Waals surface area contributed by atoms with Crippen LogP contribution < -0.4 is 15.0 Å². The zero-order chi connectivity index (χ0) is 21.2. The second-order valence-electron chi connectivity index (χ2n) is 6.10. The molecule has 0 bridgehead atoms. The Morgan fingerprint density at radius 3 is 2.24 bits per heavy atom. The van der Waals surface area contributed by atoms with E-state index in [1.54, 1.807) is 48.5 Å². The van der Waals surface area contributed by atoms with Gasteiger partial charge in [-0.05, 0) is 18.2 Å². The van der Waals surface area contributed by atoms with Gasteiger partial charge in [-0.15, -0.1) is 0 Å². The SMILES string of the molecule is O=C(O)CN(CCO)c1ccccc1Oc1ccccc1C(NCCO)C(=O)O. The van der Waals surface area contributed by atoms with Crippen LogP contribution in [0.1, 0.15) is 11.6 Å². The van der Waals surface area contributed by atoms with Crippen molar-refractivity contribution in [2.45, 2.75) is 6.04 Å². The molecular formula is C20H24N2O7. The van der Waals surface area contributed by atoms with E-state index in [4.69, 9.17) is 14.9 Å². The van der Waals surface area contributed by atoms with Crippen LogP contribution in [0.4, 0.5) is 5.69 Å². The maximum absolute atomic E-state index is 11.7.